The number of hydrazine groups is 1. The van der Waals surface area contributed by atoms with Gasteiger partial charge in [-0.1, -0.05) is 19.4 Å². The van der Waals surface area contributed by atoms with Crippen molar-refractivity contribution < 1.29 is 24.2 Å². The summed E-state index contributed by atoms with van der Waals surface area (Å²) in [6.45, 7) is 0. The molecule has 9 heteroatoms. The molecule has 1 rings (SSSR count). The Morgan fingerprint density at radius 3 is 1.81 bits per heavy atom. The van der Waals surface area contributed by atoms with Gasteiger partial charge in [-0.2, -0.15) is 0 Å². The summed E-state index contributed by atoms with van der Waals surface area (Å²) in [4.78, 5) is 8.79. The molecule has 92 valence electrons. The molecule has 0 aliphatic heterocycles. The minimum absolute atomic E-state index is 0.145. The maximum Gasteiger partial charge on any atom is 0.310 e. The van der Waals surface area contributed by atoms with Crippen LogP contribution in [0.15, 0.2) is 29.2 Å². The summed E-state index contributed by atoms with van der Waals surface area (Å²) in [6.07, 6.45) is 0. The lowest BCUT2D eigenvalue weighted by Gasteiger charge is -2.40. The molecule has 0 bridgehead atoms. The van der Waals surface area contributed by atoms with E-state index in [4.69, 9.17) is 5.84 Å². The molecular weight excluding hydrogens is 255 g/mol. The first-order valence-corrected chi connectivity index (χ1v) is 5.74. The van der Waals surface area contributed by atoms with Crippen molar-refractivity contribution >= 4 is 16.1 Å². The van der Waals surface area contributed by atoms with Gasteiger partial charge in [-0.15, -0.1) is 0 Å². The highest BCUT2D eigenvalue weighted by Gasteiger charge is 2.65. The number of nitrogens with one attached hydrogen (secondary N) is 1. The van der Waals surface area contributed by atoms with Crippen LogP contribution in [-0.2, 0) is 0 Å². The number of rotatable bonds is 2. The van der Waals surface area contributed by atoms with E-state index in [0.29, 0.717) is 12.1 Å². The average Bonchev–Trinajstić information content (AvgIpc) is 2.13. The van der Waals surface area contributed by atoms with E-state index in [9.17, 15) is 24.2 Å². The third kappa shape index (κ3) is 2.83. The van der Waals surface area contributed by atoms with Crippen LogP contribution in [0, 0.1) is 0 Å². The van der Waals surface area contributed by atoms with Gasteiger partial charge >= 0.3 is 10.2 Å². The van der Waals surface area contributed by atoms with Gasteiger partial charge in [0.15, 0.2) is 0 Å². The zero-order chi connectivity index (χ0) is 12.7. The van der Waals surface area contributed by atoms with Crippen molar-refractivity contribution in [3.05, 3.63) is 29.8 Å². The number of carbonyl (C=O) groups excluding carboxylic acids is 1. The van der Waals surface area contributed by atoms with Gasteiger partial charge in [-0.25, -0.2) is 5.84 Å². The van der Waals surface area contributed by atoms with Crippen molar-refractivity contribution in [1.29, 1.82) is 0 Å². The molecule has 0 aliphatic carbocycles. The Morgan fingerprint density at radius 2 is 1.50 bits per heavy atom. The highest BCUT2D eigenvalue weighted by Crippen LogP contribution is 3.02. The van der Waals surface area contributed by atoms with Crippen molar-refractivity contribution in [2.45, 2.75) is 4.90 Å². The van der Waals surface area contributed by atoms with E-state index in [0.717, 1.165) is 0 Å². The smallest absolute Gasteiger partial charge is 0.290 e. The molecule has 0 spiro atoms. The van der Waals surface area contributed by atoms with Gasteiger partial charge in [0, 0.05) is 5.56 Å². The molecule has 0 unspecified atom stereocenters. The second-order valence-electron chi connectivity index (χ2n) is 2.97. The van der Waals surface area contributed by atoms with Crippen molar-refractivity contribution in [2.75, 3.05) is 0 Å². The third-order valence-corrected chi connectivity index (χ3v) is 2.86. The molecule has 0 atom stereocenters. The van der Waals surface area contributed by atoms with E-state index in [1.54, 1.807) is 5.43 Å². The fourth-order valence-corrected chi connectivity index (χ4v) is 1.60. The van der Waals surface area contributed by atoms with E-state index in [2.05, 4.69) is 0 Å². The van der Waals surface area contributed by atoms with Gasteiger partial charge in [-0.05, 0) is 24.3 Å². The Bertz CT molecular complexity index is 426. The van der Waals surface area contributed by atoms with Crippen molar-refractivity contribution in [2.24, 2.45) is 5.84 Å². The number of carbonyl (C=O) groups is 1. The van der Waals surface area contributed by atoms with E-state index in [1.807, 2.05) is 0 Å². The SMILES string of the molecule is NNC(=O)c1ccc(S(F)(F)(F)(F)F)cc1. The number of amides is 1. The number of nitrogens with two attached hydrogens (primary N) is 1. The summed E-state index contributed by atoms with van der Waals surface area (Å²) in [7, 11) is -9.66. The largest absolute Gasteiger partial charge is 0.310 e. The third-order valence-electron chi connectivity index (χ3n) is 1.69. The number of benzene rings is 1. The van der Waals surface area contributed by atoms with E-state index in [-0.39, 0.29) is 17.7 Å². The first kappa shape index (κ1) is 12.7. The van der Waals surface area contributed by atoms with Gasteiger partial charge < -0.3 is 0 Å². The van der Waals surface area contributed by atoms with Crippen LogP contribution < -0.4 is 11.3 Å². The summed E-state index contributed by atoms with van der Waals surface area (Å²) >= 11 is 0. The predicted octanol–water partition coefficient (Wildman–Crippen LogP) is 2.95. The Labute approximate surface area is 87.1 Å². The first-order chi connectivity index (χ1) is 6.94. The Morgan fingerprint density at radius 1 is 1.06 bits per heavy atom. The van der Waals surface area contributed by atoms with Gasteiger partial charge in [0.05, 0.1) is 0 Å². The second kappa shape index (κ2) is 2.86. The maximum atomic E-state index is 12.2. The molecule has 3 N–H and O–H groups in total. The summed E-state index contributed by atoms with van der Waals surface area (Å²) < 4.78 is 61.2. The van der Waals surface area contributed by atoms with Crippen LogP contribution in [0.5, 0.6) is 0 Å². The van der Waals surface area contributed by atoms with E-state index < -0.39 is 21.0 Å². The van der Waals surface area contributed by atoms with E-state index >= 15 is 0 Å². The molecule has 0 saturated carbocycles. The highest BCUT2D eigenvalue weighted by atomic mass is 32.5. The molecular formula is C7H7F5N2OS. The summed E-state index contributed by atoms with van der Waals surface area (Å²) in [5.41, 5.74) is 1.42. The quantitative estimate of drug-likeness (QED) is 0.372. The molecule has 0 fully saturated rings. The molecule has 1 aromatic rings. The number of nitrogen functional groups attached to an aromatic ring is 1. The summed E-state index contributed by atoms with van der Waals surface area (Å²) in [5.74, 6) is 3.85. The molecule has 0 aliphatic rings. The fourth-order valence-electron chi connectivity index (χ4n) is 0.947. The normalized spacial score (nSPS) is 16.1. The monoisotopic (exact) mass is 262 g/mol. The van der Waals surface area contributed by atoms with Crippen LogP contribution in [0.4, 0.5) is 19.4 Å². The molecule has 0 saturated heterocycles. The predicted molar refractivity (Wildman–Crippen MR) is 49.5 cm³/mol. The molecule has 0 aromatic heterocycles. The highest BCUT2D eigenvalue weighted by molar-refractivity contribution is 8.45. The molecule has 3 nitrogen and oxygen atoms in total. The van der Waals surface area contributed by atoms with Crippen LogP contribution in [0.3, 0.4) is 0 Å². The average molecular weight is 262 g/mol. The zero-order valence-electron chi connectivity index (χ0n) is 7.59. The minimum Gasteiger partial charge on any atom is -0.290 e. The lowest BCUT2D eigenvalue weighted by Crippen LogP contribution is -2.29. The van der Waals surface area contributed by atoms with Crippen molar-refractivity contribution in [3.63, 3.8) is 0 Å². The molecule has 0 heterocycles. The number of hydrogen-bond donors (Lipinski definition) is 2. The number of hydrogen-bond acceptors (Lipinski definition) is 2. The fraction of sp³-hybridized carbons (Fsp3) is 0. The summed E-state index contributed by atoms with van der Waals surface area (Å²) in [5, 5.41) is 0. The topological polar surface area (TPSA) is 55.1 Å². The second-order valence-corrected chi connectivity index (χ2v) is 5.38. The van der Waals surface area contributed by atoms with Crippen molar-refractivity contribution in [1.82, 2.24) is 5.43 Å². The Balaban J connectivity index is 3.21. The van der Waals surface area contributed by atoms with Crippen LogP contribution in [0.25, 0.3) is 0 Å². The zero-order valence-corrected chi connectivity index (χ0v) is 8.41. The van der Waals surface area contributed by atoms with Gasteiger partial charge in [0.1, 0.15) is 4.90 Å². The van der Waals surface area contributed by atoms with Crippen LogP contribution in [0.2, 0.25) is 0 Å². The van der Waals surface area contributed by atoms with Crippen LogP contribution in [0.1, 0.15) is 10.4 Å². The Kier molecular flexibility index (Phi) is 2.27. The standard InChI is InChI=1S/C7H7F5N2OS/c8-16(9,10,11,12)6-3-1-5(2-4-6)7(15)14-13/h1-4H,13H2,(H,14,15). The van der Waals surface area contributed by atoms with Gasteiger partial charge in [0.2, 0.25) is 0 Å². The van der Waals surface area contributed by atoms with E-state index in [1.165, 1.54) is 0 Å². The number of halogens is 5. The molecule has 0 radical (unpaired) electrons. The lowest BCUT2D eigenvalue weighted by atomic mass is 10.2. The maximum absolute atomic E-state index is 12.2. The first-order valence-electron chi connectivity index (χ1n) is 3.79. The lowest BCUT2D eigenvalue weighted by molar-refractivity contribution is 0.0953. The molecule has 1 amide bonds. The Hall–Kier alpha value is -1.35. The molecule has 1 aromatic carbocycles. The van der Waals surface area contributed by atoms with Crippen LogP contribution in [-0.4, -0.2) is 5.91 Å². The van der Waals surface area contributed by atoms with Crippen LogP contribution >= 0.6 is 10.2 Å². The summed E-state index contributed by atoms with van der Waals surface area (Å²) in [6, 6.07) is 1.53. The van der Waals surface area contributed by atoms with Gasteiger partial charge in [0.25, 0.3) is 5.91 Å². The van der Waals surface area contributed by atoms with Crippen molar-refractivity contribution in [3.8, 4) is 0 Å². The minimum atomic E-state index is -9.66. The molecule has 16 heavy (non-hydrogen) atoms. The van der Waals surface area contributed by atoms with Gasteiger partial charge in [-0.3, -0.25) is 10.2 Å².